The van der Waals surface area contributed by atoms with Crippen molar-refractivity contribution < 1.29 is 4.42 Å². The zero-order chi connectivity index (χ0) is 28.3. The number of aromatic nitrogens is 1. The summed E-state index contributed by atoms with van der Waals surface area (Å²) in [6.07, 6.45) is 1.85. The lowest BCUT2D eigenvalue weighted by Gasteiger charge is -2.18. The van der Waals surface area contributed by atoms with Crippen molar-refractivity contribution >= 4 is 54.4 Å². The van der Waals surface area contributed by atoms with E-state index in [0.29, 0.717) is 0 Å². The van der Waals surface area contributed by atoms with Gasteiger partial charge in [0.25, 0.3) is 0 Å². The predicted octanol–water partition coefficient (Wildman–Crippen LogP) is 11.4. The molecule has 0 saturated heterocycles. The fraction of sp³-hybridized carbons (Fsp3) is 0. The van der Waals surface area contributed by atoms with Crippen molar-refractivity contribution in [3.63, 3.8) is 0 Å². The Morgan fingerprint density at radius 1 is 0.419 bits per heavy atom. The number of nitrogens with zero attached hydrogens (tertiary/aromatic N) is 1. The fourth-order valence-corrected chi connectivity index (χ4v) is 6.77. The fourth-order valence-electron chi connectivity index (χ4n) is 6.77. The van der Waals surface area contributed by atoms with E-state index in [1.807, 2.05) is 24.4 Å². The van der Waals surface area contributed by atoms with Gasteiger partial charge in [0.2, 0.25) is 0 Å². The molecule has 0 unspecified atom stereocenters. The zero-order valence-corrected chi connectivity index (χ0v) is 23.3. The molecule has 200 valence electrons. The van der Waals surface area contributed by atoms with E-state index in [4.69, 9.17) is 4.42 Å². The standard InChI is InChI=1S/C41H25NO/c1-3-13-34-32(11-1)39(33-12-2-4-14-35(33)40(34)29-22-23-37-28(25-29)9-8-24-42-37)27-20-18-26(19-21-27)30-15-7-16-36-31-10-5-6-17-38(31)43-41(30)36/h1-25H. The van der Waals surface area contributed by atoms with Crippen LogP contribution < -0.4 is 0 Å². The molecule has 0 aliphatic heterocycles. The Kier molecular flexibility index (Phi) is 5.23. The molecule has 0 spiro atoms. The number of para-hydroxylation sites is 2. The third-order valence-corrected chi connectivity index (χ3v) is 8.71. The van der Waals surface area contributed by atoms with Crippen LogP contribution in [0.15, 0.2) is 156 Å². The highest BCUT2D eigenvalue weighted by molar-refractivity contribution is 6.21. The second-order valence-corrected chi connectivity index (χ2v) is 11.1. The molecule has 2 heterocycles. The maximum Gasteiger partial charge on any atom is 0.143 e. The molecule has 0 N–H and O–H groups in total. The topological polar surface area (TPSA) is 26.0 Å². The molecule has 0 atom stereocenters. The molecule has 0 radical (unpaired) electrons. The Morgan fingerprint density at radius 2 is 1.00 bits per heavy atom. The van der Waals surface area contributed by atoms with Crippen LogP contribution in [0, 0.1) is 0 Å². The lowest BCUT2D eigenvalue weighted by atomic mass is 9.85. The Balaban J connectivity index is 1.25. The van der Waals surface area contributed by atoms with Gasteiger partial charge in [0.1, 0.15) is 11.2 Å². The molecule has 0 saturated carbocycles. The van der Waals surface area contributed by atoms with Crippen molar-refractivity contribution in [3.05, 3.63) is 152 Å². The minimum Gasteiger partial charge on any atom is -0.455 e. The summed E-state index contributed by atoms with van der Waals surface area (Å²) in [6, 6.07) is 52.0. The van der Waals surface area contributed by atoms with E-state index < -0.39 is 0 Å². The highest BCUT2D eigenvalue weighted by Crippen LogP contribution is 2.44. The molecular weight excluding hydrogens is 522 g/mol. The smallest absolute Gasteiger partial charge is 0.143 e. The Hall–Kier alpha value is -5.73. The van der Waals surface area contributed by atoms with Gasteiger partial charge in [-0.1, -0.05) is 121 Å². The summed E-state index contributed by atoms with van der Waals surface area (Å²) in [5.41, 5.74) is 10.0. The van der Waals surface area contributed by atoms with Gasteiger partial charge in [-0.05, 0) is 73.6 Å². The molecule has 2 heteroatoms. The van der Waals surface area contributed by atoms with Crippen molar-refractivity contribution in [1.29, 1.82) is 0 Å². The van der Waals surface area contributed by atoms with Gasteiger partial charge in [-0.3, -0.25) is 4.98 Å². The van der Waals surface area contributed by atoms with Crippen molar-refractivity contribution in [2.45, 2.75) is 0 Å². The van der Waals surface area contributed by atoms with Crippen molar-refractivity contribution in [1.82, 2.24) is 4.98 Å². The molecule has 2 aromatic heterocycles. The zero-order valence-electron chi connectivity index (χ0n) is 23.3. The van der Waals surface area contributed by atoms with Gasteiger partial charge in [-0.2, -0.15) is 0 Å². The molecule has 0 aliphatic rings. The van der Waals surface area contributed by atoms with E-state index in [1.54, 1.807) is 0 Å². The summed E-state index contributed by atoms with van der Waals surface area (Å²) in [6.45, 7) is 0. The number of furan rings is 1. The lowest BCUT2D eigenvalue weighted by molar-refractivity contribution is 0.670. The summed E-state index contributed by atoms with van der Waals surface area (Å²) in [7, 11) is 0. The molecule has 7 aromatic carbocycles. The van der Waals surface area contributed by atoms with Crippen LogP contribution in [0.3, 0.4) is 0 Å². The van der Waals surface area contributed by atoms with E-state index in [9.17, 15) is 0 Å². The Labute approximate surface area is 248 Å². The Morgan fingerprint density at radius 3 is 1.72 bits per heavy atom. The van der Waals surface area contributed by atoms with E-state index >= 15 is 0 Å². The van der Waals surface area contributed by atoms with E-state index in [2.05, 4.69) is 132 Å². The highest BCUT2D eigenvalue weighted by Gasteiger charge is 2.17. The molecule has 9 rings (SSSR count). The average Bonchev–Trinajstić information content (AvgIpc) is 3.46. The summed E-state index contributed by atoms with van der Waals surface area (Å²) in [5, 5.41) is 8.42. The summed E-state index contributed by atoms with van der Waals surface area (Å²) >= 11 is 0. The third-order valence-electron chi connectivity index (χ3n) is 8.71. The van der Waals surface area contributed by atoms with Crippen LogP contribution in [0.2, 0.25) is 0 Å². The SMILES string of the molecule is c1cnc2ccc(-c3c4ccccc4c(-c4ccc(-c5cccc6c5oc5ccccc56)cc4)c4ccccc34)cc2c1. The van der Waals surface area contributed by atoms with Gasteiger partial charge in [0.15, 0.2) is 0 Å². The minimum absolute atomic E-state index is 0.919. The number of benzene rings is 7. The number of hydrogen-bond acceptors (Lipinski definition) is 2. The van der Waals surface area contributed by atoms with Gasteiger partial charge in [-0.25, -0.2) is 0 Å². The predicted molar refractivity (Wildman–Crippen MR) is 180 cm³/mol. The number of hydrogen-bond donors (Lipinski definition) is 0. The van der Waals surface area contributed by atoms with E-state index in [0.717, 1.165) is 44.0 Å². The monoisotopic (exact) mass is 547 g/mol. The van der Waals surface area contributed by atoms with Crippen molar-refractivity contribution in [2.24, 2.45) is 0 Å². The lowest BCUT2D eigenvalue weighted by Crippen LogP contribution is -1.91. The molecule has 43 heavy (non-hydrogen) atoms. The first-order valence-electron chi connectivity index (χ1n) is 14.6. The quantitative estimate of drug-likeness (QED) is 0.206. The first-order chi connectivity index (χ1) is 21.3. The third kappa shape index (κ3) is 3.70. The number of pyridine rings is 1. The van der Waals surface area contributed by atoms with Crippen LogP contribution in [0.1, 0.15) is 0 Å². The van der Waals surface area contributed by atoms with E-state index in [1.165, 1.54) is 43.8 Å². The molecule has 0 fully saturated rings. The van der Waals surface area contributed by atoms with Crippen LogP contribution in [0.5, 0.6) is 0 Å². The molecule has 0 bridgehead atoms. The van der Waals surface area contributed by atoms with E-state index in [-0.39, 0.29) is 0 Å². The second kappa shape index (κ2) is 9.40. The maximum atomic E-state index is 6.35. The molecular formula is C41H25NO. The van der Waals surface area contributed by atoms with Crippen LogP contribution >= 0.6 is 0 Å². The van der Waals surface area contributed by atoms with Gasteiger partial charge >= 0.3 is 0 Å². The largest absolute Gasteiger partial charge is 0.455 e. The van der Waals surface area contributed by atoms with Crippen LogP contribution in [0.4, 0.5) is 0 Å². The minimum atomic E-state index is 0.919. The first kappa shape index (κ1) is 23.9. The Bertz CT molecular complexity index is 2450. The summed E-state index contributed by atoms with van der Waals surface area (Å²) in [4.78, 5) is 4.55. The number of rotatable bonds is 3. The van der Waals surface area contributed by atoms with Gasteiger partial charge in [-0.15, -0.1) is 0 Å². The number of fused-ring (bicyclic) bond motifs is 6. The molecule has 0 aliphatic carbocycles. The van der Waals surface area contributed by atoms with Crippen LogP contribution in [-0.4, -0.2) is 4.98 Å². The summed E-state index contributed by atoms with van der Waals surface area (Å²) < 4.78 is 6.35. The van der Waals surface area contributed by atoms with Gasteiger partial charge < -0.3 is 4.42 Å². The van der Waals surface area contributed by atoms with Gasteiger partial charge in [0, 0.05) is 27.9 Å². The summed E-state index contributed by atoms with van der Waals surface area (Å²) in [5.74, 6) is 0. The highest BCUT2D eigenvalue weighted by atomic mass is 16.3. The molecule has 9 aromatic rings. The average molecular weight is 548 g/mol. The van der Waals surface area contributed by atoms with Crippen LogP contribution in [-0.2, 0) is 0 Å². The first-order valence-corrected chi connectivity index (χ1v) is 14.6. The maximum absolute atomic E-state index is 6.35. The molecule has 2 nitrogen and oxygen atoms in total. The normalized spacial score (nSPS) is 11.7. The van der Waals surface area contributed by atoms with Gasteiger partial charge in [0.05, 0.1) is 5.52 Å². The van der Waals surface area contributed by atoms with Crippen LogP contribution in [0.25, 0.3) is 87.8 Å². The molecule has 0 amide bonds. The van der Waals surface area contributed by atoms with Crippen molar-refractivity contribution in [3.8, 4) is 33.4 Å². The van der Waals surface area contributed by atoms with Crippen molar-refractivity contribution in [2.75, 3.05) is 0 Å². The second-order valence-electron chi connectivity index (χ2n) is 11.1.